The summed E-state index contributed by atoms with van der Waals surface area (Å²) in [6.07, 6.45) is 0.875. The first-order chi connectivity index (χ1) is 15.7. The Bertz CT molecular complexity index is 1090. The van der Waals surface area contributed by atoms with Gasteiger partial charge in [0.1, 0.15) is 12.1 Å². The molecule has 2 aromatic carbocycles. The first-order valence-corrected chi connectivity index (χ1v) is 11.1. The number of ether oxygens (including phenoxy) is 1. The van der Waals surface area contributed by atoms with Crippen molar-refractivity contribution in [3.05, 3.63) is 59.7 Å². The Balaban J connectivity index is 1.27. The van der Waals surface area contributed by atoms with Crippen LogP contribution in [0.2, 0.25) is 0 Å². The number of hydrogen-bond donors (Lipinski definition) is 3. The van der Waals surface area contributed by atoms with Gasteiger partial charge in [-0.05, 0) is 47.9 Å². The van der Waals surface area contributed by atoms with Gasteiger partial charge in [0, 0.05) is 5.92 Å². The Kier molecular flexibility index (Phi) is 4.93. The largest absolute Gasteiger partial charge is 0.479 e. The number of carboxylic acid groups (broad SMARTS) is 1. The maximum Gasteiger partial charge on any atom is 0.408 e. The number of rotatable bonds is 6. The standard InChI is InChI=1S/C25H26N2O6/c1-24(15-10-11-15,21(28)27-13-25(32,14-27)22(29)30)26-23(31)33-12-20-18-8-4-2-6-16(18)17-7-3-5-9-19(17)20/h2-9,15,20,32H,10-14H2,1H3,(H,26,31)(H,29,30). The maximum absolute atomic E-state index is 13.1. The molecule has 2 fully saturated rings. The molecule has 33 heavy (non-hydrogen) atoms. The fourth-order valence-corrected chi connectivity index (χ4v) is 5.03. The lowest BCUT2D eigenvalue weighted by molar-refractivity contribution is -0.184. The third-order valence-corrected chi connectivity index (χ3v) is 7.13. The lowest BCUT2D eigenvalue weighted by atomic mass is 9.88. The number of hydrogen-bond acceptors (Lipinski definition) is 5. The van der Waals surface area contributed by atoms with Crippen molar-refractivity contribution in [1.82, 2.24) is 10.2 Å². The number of benzene rings is 2. The molecule has 2 aliphatic carbocycles. The Hall–Kier alpha value is -3.39. The van der Waals surface area contributed by atoms with E-state index >= 15 is 0 Å². The molecule has 0 bridgehead atoms. The molecule has 8 nitrogen and oxygen atoms in total. The first-order valence-electron chi connectivity index (χ1n) is 11.1. The highest BCUT2D eigenvalue weighted by Gasteiger charge is 2.57. The smallest absolute Gasteiger partial charge is 0.408 e. The average molecular weight is 450 g/mol. The van der Waals surface area contributed by atoms with Gasteiger partial charge in [0.05, 0.1) is 13.1 Å². The van der Waals surface area contributed by atoms with E-state index < -0.39 is 29.1 Å². The summed E-state index contributed by atoms with van der Waals surface area (Å²) in [5.41, 5.74) is 1.32. The Labute approximate surface area is 191 Å². The topological polar surface area (TPSA) is 116 Å². The Morgan fingerprint density at radius 1 is 1.06 bits per heavy atom. The predicted molar refractivity (Wildman–Crippen MR) is 118 cm³/mol. The van der Waals surface area contributed by atoms with Gasteiger partial charge in [-0.1, -0.05) is 48.5 Å². The molecular formula is C25H26N2O6. The van der Waals surface area contributed by atoms with Gasteiger partial charge in [0.2, 0.25) is 5.91 Å². The second-order valence-corrected chi connectivity index (χ2v) is 9.43. The molecule has 2 amide bonds. The van der Waals surface area contributed by atoms with Gasteiger partial charge in [-0.25, -0.2) is 9.59 Å². The molecule has 1 aliphatic heterocycles. The molecule has 0 aromatic heterocycles. The second kappa shape index (κ2) is 7.59. The zero-order valence-electron chi connectivity index (χ0n) is 18.3. The third-order valence-electron chi connectivity index (χ3n) is 7.13. The Morgan fingerprint density at radius 2 is 1.61 bits per heavy atom. The summed E-state index contributed by atoms with van der Waals surface area (Å²) in [6.45, 7) is 1.19. The zero-order valence-corrected chi connectivity index (χ0v) is 18.3. The van der Waals surface area contributed by atoms with E-state index in [1.807, 2.05) is 36.4 Å². The van der Waals surface area contributed by atoms with E-state index in [1.54, 1.807) is 6.92 Å². The van der Waals surface area contributed by atoms with Crippen LogP contribution in [0.25, 0.3) is 11.1 Å². The number of aliphatic carboxylic acids is 1. The number of nitrogens with one attached hydrogen (secondary N) is 1. The van der Waals surface area contributed by atoms with E-state index in [1.165, 1.54) is 4.90 Å². The number of aliphatic hydroxyl groups is 1. The molecule has 1 heterocycles. The molecule has 1 saturated heterocycles. The van der Waals surface area contributed by atoms with Gasteiger partial charge in [0.15, 0.2) is 5.60 Å². The van der Waals surface area contributed by atoms with Crippen LogP contribution in [0.5, 0.6) is 0 Å². The molecular weight excluding hydrogens is 424 g/mol. The number of carbonyl (C=O) groups is 3. The molecule has 172 valence electrons. The molecule has 0 radical (unpaired) electrons. The number of amides is 2. The normalized spacial score (nSPS) is 20.1. The van der Waals surface area contributed by atoms with Crippen molar-refractivity contribution < 1.29 is 29.3 Å². The molecule has 8 heteroatoms. The minimum atomic E-state index is -1.93. The Morgan fingerprint density at radius 3 is 2.12 bits per heavy atom. The van der Waals surface area contributed by atoms with Crippen LogP contribution in [0.4, 0.5) is 4.79 Å². The summed E-state index contributed by atoms with van der Waals surface area (Å²) in [5, 5.41) is 21.8. The van der Waals surface area contributed by atoms with Crippen LogP contribution in [0.1, 0.15) is 36.8 Å². The predicted octanol–water partition coefficient (Wildman–Crippen LogP) is 2.35. The number of nitrogens with zero attached hydrogens (tertiary/aromatic N) is 1. The summed E-state index contributed by atoms with van der Waals surface area (Å²) in [7, 11) is 0. The molecule has 1 saturated carbocycles. The van der Waals surface area contributed by atoms with Crippen molar-refractivity contribution in [3.63, 3.8) is 0 Å². The molecule has 1 atom stereocenters. The van der Waals surface area contributed by atoms with E-state index in [2.05, 4.69) is 17.4 Å². The highest BCUT2D eigenvalue weighted by Crippen LogP contribution is 2.45. The summed E-state index contributed by atoms with van der Waals surface area (Å²) in [4.78, 5) is 38.3. The molecule has 1 unspecified atom stereocenters. The minimum Gasteiger partial charge on any atom is -0.479 e. The van der Waals surface area contributed by atoms with E-state index in [-0.39, 0.29) is 31.5 Å². The van der Waals surface area contributed by atoms with Crippen LogP contribution in [-0.4, -0.2) is 63.9 Å². The van der Waals surface area contributed by atoms with Gasteiger partial charge in [-0.15, -0.1) is 0 Å². The van der Waals surface area contributed by atoms with Crippen LogP contribution < -0.4 is 5.32 Å². The summed E-state index contributed by atoms with van der Waals surface area (Å²) < 4.78 is 5.61. The quantitative estimate of drug-likeness (QED) is 0.622. The zero-order chi connectivity index (χ0) is 23.4. The van der Waals surface area contributed by atoms with E-state index in [4.69, 9.17) is 9.84 Å². The van der Waals surface area contributed by atoms with Gasteiger partial charge in [-0.2, -0.15) is 0 Å². The van der Waals surface area contributed by atoms with E-state index in [9.17, 15) is 19.5 Å². The lowest BCUT2D eigenvalue weighted by Gasteiger charge is -2.46. The molecule has 3 N–H and O–H groups in total. The number of likely N-dealkylation sites (tertiary alicyclic amines) is 1. The van der Waals surface area contributed by atoms with Crippen LogP contribution in [0.3, 0.4) is 0 Å². The number of alkyl carbamates (subject to hydrolysis) is 1. The first kappa shape index (κ1) is 21.5. The highest BCUT2D eigenvalue weighted by molar-refractivity contribution is 5.93. The fraction of sp³-hybridized carbons (Fsp3) is 0.400. The number of fused-ring (bicyclic) bond motifs is 3. The highest BCUT2D eigenvalue weighted by atomic mass is 16.5. The van der Waals surface area contributed by atoms with Crippen molar-refractivity contribution in [1.29, 1.82) is 0 Å². The lowest BCUT2D eigenvalue weighted by Crippen LogP contribution is -2.72. The van der Waals surface area contributed by atoms with E-state index in [0.717, 1.165) is 35.1 Å². The van der Waals surface area contributed by atoms with Gasteiger partial charge in [-0.3, -0.25) is 4.79 Å². The average Bonchev–Trinajstić information content (AvgIpc) is 3.59. The molecule has 0 spiro atoms. The van der Waals surface area contributed by atoms with Crippen LogP contribution >= 0.6 is 0 Å². The molecule has 2 aromatic rings. The second-order valence-electron chi connectivity index (χ2n) is 9.43. The summed E-state index contributed by atoms with van der Waals surface area (Å²) in [6, 6.07) is 16.1. The van der Waals surface area contributed by atoms with E-state index in [0.29, 0.717) is 0 Å². The van der Waals surface area contributed by atoms with Crippen LogP contribution in [-0.2, 0) is 14.3 Å². The van der Waals surface area contributed by atoms with Gasteiger partial charge >= 0.3 is 12.1 Å². The molecule has 5 rings (SSSR count). The number of β-amino-alcohol motifs (C(OH)–C–C–N with tert-alkyl or cyclic N) is 1. The van der Waals surface area contributed by atoms with Crippen LogP contribution in [0.15, 0.2) is 48.5 Å². The minimum absolute atomic E-state index is 0.0518. The number of carbonyl (C=O) groups excluding carboxylic acids is 2. The van der Waals surface area contributed by atoms with Crippen molar-refractivity contribution in [2.75, 3.05) is 19.7 Å². The van der Waals surface area contributed by atoms with Crippen molar-refractivity contribution in [2.24, 2.45) is 5.92 Å². The summed E-state index contributed by atoms with van der Waals surface area (Å²) in [5.74, 6) is -1.90. The van der Waals surface area contributed by atoms with Gasteiger partial charge < -0.3 is 25.2 Å². The van der Waals surface area contributed by atoms with Crippen molar-refractivity contribution >= 4 is 18.0 Å². The molecule has 3 aliphatic rings. The number of carboxylic acids is 1. The fourth-order valence-electron chi connectivity index (χ4n) is 5.03. The van der Waals surface area contributed by atoms with Crippen molar-refractivity contribution in [3.8, 4) is 11.1 Å². The van der Waals surface area contributed by atoms with Crippen LogP contribution in [0, 0.1) is 5.92 Å². The summed E-state index contributed by atoms with van der Waals surface area (Å²) >= 11 is 0. The van der Waals surface area contributed by atoms with Gasteiger partial charge in [0.25, 0.3) is 0 Å². The van der Waals surface area contributed by atoms with Crippen molar-refractivity contribution in [2.45, 2.75) is 36.8 Å². The maximum atomic E-state index is 13.1. The monoisotopic (exact) mass is 450 g/mol. The SMILES string of the molecule is CC(NC(=O)OCC1c2ccccc2-c2ccccc21)(C(=O)N1CC(O)(C(=O)O)C1)C1CC1. The third kappa shape index (κ3) is 3.54.